The van der Waals surface area contributed by atoms with Gasteiger partial charge in [0.2, 0.25) is 5.78 Å². The smallest absolute Gasteiger partial charge is 0.301 e. The molecule has 21 heavy (non-hydrogen) atoms. The topological polar surface area (TPSA) is 74.8 Å². The molecule has 1 fully saturated rings. The van der Waals surface area contributed by atoms with Crippen molar-refractivity contribution >= 4 is 30.0 Å². The summed E-state index contributed by atoms with van der Waals surface area (Å²) < 4.78 is 0. The summed E-state index contributed by atoms with van der Waals surface area (Å²) in [6.45, 7) is -0.145. The van der Waals surface area contributed by atoms with Crippen molar-refractivity contribution in [1.29, 1.82) is 0 Å². The van der Waals surface area contributed by atoms with Crippen LogP contribution in [0.15, 0.2) is 36.4 Å². The number of ketones is 1. The van der Waals surface area contributed by atoms with E-state index >= 15 is 0 Å². The van der Waals surface area contributed by atoms with E-state index in [2.05, 4.69) is 0 Å². The predicted molar refractivity (Wildman–Crippen MR) is 74.6 cm³/mol. The molecule has 1 heterocycles. The average molecular weight is 286 g/mol. The molecule has 1 saturated heterocycles. The number of benzene rings is 1. The van der Waals surface area contributed by atoms with E-state index in [9.17, 15) is 19.2 Å². The highest BCUT2D eigenvalue weighted by Crippen LogP contribution is 2.11. The van der Waals surface area contributed by atoms with Gasteiger partial charge in [-0.1, -0.05) is 30.3 Å². The summed E-state index contributed by atoms with van der Waals surface area (Å²) in [6, 6.07) is 9.15. The third-order valence-electron chi connectivity index (χ3n) is 3.03. The lowest BCUT2D eigenvalue weighted by molar-refractivity contribution is -0.159. The molecule has 0 atom stereocenters. The first-order valence-corrected chi connectivity index (χ1v) is 6.46. The molecule has 1 aliphatic rings. The molecule has 0 spiro atoms. The molecule has 0 unspecified atom stereocenters. The Bertz CT molecular complexity index is 595. The lowest BCUT2D eigenvalue weighted by Gasteiger charge is -2.28. The number of amides is 2. The summed E-state index contributed by atoms with van der Waals surface area (Å²) in [5.41, 5.74) is 0.820. The van der Waals surface area contributed by atoms with Crippen molar-refractivity contribution in [2.45, 2.75) is 6.42 Å². The molecule has 1 aliphatic heterocycles. The van der Waals surface area contributed by atoms with Gasteiger partial charge < -0.3 is 4.79 Å². The summed E-state index contributed by atoms with van der Waals surface area (Å²) >= 11 is 0. The highest BCUT2D eigenvalue weighted by atomic mass is 16.2. The molecule has 1 aromatic carbocycles. The number of rotatable bonds is 5. The molecule has 0 saturated carbocycles. The minimum atomic E-state index is -0.752. The van der Waals surface area contributed by atoms with Crippen LogP contribution in [0.25, 0.3) is 6.08 Å². The third-order valence-corrected chi connectivity index (χ3v) is 3.03. The molecule has 0 aromatic heterocycles. The Morgan fingerprint density at radius 2 is 1.95 bits per heavy atom. The van der Waals surface area contributed by atoms with Gasteiger partial charge in [-0.15, -0.1) is 0 Å². The predicted octanol–water partition coefficient (Wildman–Crippen LogP) is 0.444. The summed E-state index contributed by atoms with van der Waals surface area (Å²) in [5.74, 6) is -1.82. The van der Waals surface area contributed by atoms with Crippen LogP contribution in [0.3, 0.4) is 0 Å². The van der Waals surface area contributed by atoms with Crippen LogP contribution in [-0.2, 0) is 19.2 Å². The first kappa shape index (κ1) is 14.6. The fourth-order valence-electron chi connectivity index (χ4n) is 1.99. The molecule has 0 radical (unpaired) electrons. The largest absolute Gasteiger partial charge is 0.308 e. The quantitative estimate of drug-likeness (QED) is 0.447. The highest BCUT2D eigenvalue weighted by Gasteiger charge is 2.35. The normalized spacial score (nSPS) is 14.8. The summed E-state index contributed by atoms with van der Waals surface area (Å²) in [7, 11) is 0. The van der Waals surface area contributed by atoms with Gasteiger partial charge in [0, 0.05) is 12.5 Å². The minimum Gasteiger partial charge on any atom is -0.301 e. The summed E-state index contributed by atoms with van der Waals surface area (Å²) in [5, 5.41) is 2.01. The number of Topliss-reactive ketones (excluding diaryl/α,β-unsaturated/α-hetero) is 1. The Morgan fingerprint density at radius 1 is 1.24 bits per heavy atom. The summed E-state index contributed by atoms with van der Waals surface area (Å²) in [6.07, 6.45) is 3.44. The number of carbonyl (C=O) groups excluding carboxylic acids is 4. The molecular weight excluding hydrogens is 272 g/mol. The van der Waals surface area contributed by atoms with Crippen molar-refractivity contribution < 1.29 is 19.2 Å². The van der Waals surface area contributed by atoms with E-state index in [0.29, 0.717) is 6.29 Å². The van der Waals surface area contributed by atoms with Crippen molar-refractivity contribution in [2.24, 2.45) is 0 Å². The second-order valence-corrected chi connectivity index (χ2v) is 4.43. The molecule has 108 valence electrons. The second kappa shape index (κ2) is 6.60. The van der Waals surface area contributed by atoms with Crippen LogP contribution in [0.5, 0.6) is 0 Å². The Hall–Kier alpha value is -2.76. The molecule has 0 bridgehead atoms. The van der Waals surface area contributed by atoms with Gasteiger partial charge in [-0.25, -0.2) is 10.0 Å². The molecule has 1 aromatic rings. The van der Waals surface area contributed by atoms with Crippen LogP contribution in [0.4, 0.5) is 0 Å². The molecule has 6 nitrogen and oxygen atoms in total. The maximum Gasteiger partial charge on any atom is 0.308 e. The Labute approximate surface area is 121 Å². The Morgan fingerprint density at radius 3 is 2.52 bits per heavy atom. The minimum absolute atomic E-state index is 0.0594. The van der Waals surface area contributed by atoms with Gasteiger partial charge >= 0.3 is 5.91 Å². The van der Waals surface area contributed by atoms with Gasteiger partial charge in [0.1, 0.15) is 6.29 Å². The van der Waals surface area contributed by atoms with E-state index in [1.165, 1.54) is 6.08 Å². The number of hydrazine groups is 1. The zero-order valence-electron chi connectivity index (χ0n) is 11.3. The van der Waals surface area contributed by atoms with Gasteiger partial charge in [0.15, 0.2) is 0 Å². The zero-order valence-corrected chi connectivity index (χ0v) is 11.3. The Kier molecular flexibility index (Phi) is 4.61. The van der Waals surface area contributed by atoms with Crippen LogP contribution in [0.1, 0.15) is 12.0 Å². The number of nitrogens with zero attached hydrogens (tertiary/aromatic N) is 2. The highest BCUT2D eigenvalue weighted by molar-refractivity contribution is 6.38. The van der Waals surface area contributed by atoms with Crippen LogP contribution < -0.4 is 0 Å². The first-order chi connectivity index (χ1) is 10.1. The van der Waals surface area contributed by atoms with Gasteiger partial charge in [-0.3, -0.25) is 14.4 Å². The van der Waals surface area contributed by atoms with Gasteiger partial charge in [0.05, 0.1) is 13.1 Å². The maximum atomic E-state index is 12.1. The lowest BCUT2D eigenvalue weighted by Crippen LogP contribution is -2.48. The van der Waals surface area contributed by atoms with Crippen molar-refractivity contribution in [3.05, 3.63) is 42.0 Å². The van der Waals surface area contributed by atoms with E-state index in [1.54, 1.807) is 6.08 Å². The number of carbonyl (C=O) groups is 4. The van der Waals surface area contributed by atoms with Crippen LogP contribution in [0, 0.1) is 0 Å². The second-order valence-electron chi connectivity index (χ2n) is 4.43. The molecule has 6 heteroatoms. The van der Waals surface area contributed by atoms with Crippen molar-refractivity contribution in [2.75, 3.05) is 13.1 Å². The van der Waals surface area contributed by atoms with Gasteiger partial charge in [-0.2, -0.15) is 0 Å². The van der Waals surface area contributed by atoms with E-state index in [4.69, 9.17) is 0 Å². The van der Waals surface area contributed by atoms with Gasteiger partial charge in [-0.05, 0) is 11.6 Å². The van der Waals surface area contributed by atoms with E-state index in [0.717, 1.165) is 15.6 Å². The fourth-order valence-corrected chi connectivity index (χ4v) is 1.99. The van der Waals surface area contributed by atoms with Crippen LogP contribution in [0.2, 0.25) is 0 Å². The number of hydrogen-bond acceptors (Lipinski definition) is 4. The SMILES string of the molecule is O=CCN(C(=O)C=Cc1ccccc1)N1CCC(=O)C1=O. The number of aldehydes is 1. The van der Waals surface area contributed by atoms with E-state index in [1.807, 2.05) is 30.3 Å². The standard InChI is InChI=1S/C15H14N2O4/c18-11-10-16(17-9-8-13(19)15(17)21)14(20)7-6-12-4-2-1-3-5-12/h1-7,11H,8-10H2. The van der Waals surface area contributed by atoms with Gasteiger partial charge in [0.25, 0.3) is 5.91 Å². The average Bonchev–Trinajstić information content (AvgIpc) is 2.83. The van der Waals surface area contributed by atoms with Crippen molar-refractivity contribution in [1.82, 2.24) is 10.0 Å². The Balaban J connectivity index is 2.13. The lowest BCUT2D eigenvalue weighted by atomic mass is 10.2. The fraction of sp³-hybridized carbons (Fsp3) is 0.200. The first-order valence-electron chi connectivity index (χ1n) is 6.46. The molecule has 0 aliphatic carbocycles. The van der Waals surface area contributed by atoms with Crippen molar-refractivity contribution in [3.63, 3.8) is 0 Å². The van der Waals surface area contributed by atoms with Crippen LogP contribution in [-0.4, -0.2) is 47.0 Å². The molecule has 2 rings (SSSR count). The summed E-state index contributed by atoms with van der Waals surface area (Å²) in [4.78, 5) is 45.7. The van der Waals surface area contributed by atoms with E-state index in [-0.39, 0.29) is 19.5 Å². The zero-order chi connectivity index (χ0) is 15.2. The molecule has 2 amide bonds. The van der Waals surface area contributed by atoms with E-state index < -0.39 is 17.6 Å². The number of hydrogen-bond donors (Lipinski definition) is 0. The third kappa shape index (κ3) is 3.42. The van der Waals surface area contributed by atoms with Crippen molar-refractivity contribution in [3.8, 4) is 0 Å². The monoisotopic (exact) mass is 286 g/mol. The molecular formula is C15H14N2O4. The maximum absolute atomic E-state index is 12.1. The molecule has 0 N–H and O–H groups in total. The van der Waals surface area contributed by atoms with Crippen LogP contribution >= 0.6 is 0 Å².